The van der Waals surface area contributed by atoms with Crippen LogP contribution in [0.1, 0.15) is 58.8 Å². The van der Waals surface area contributed by atoms with Gasteiger partial charge in [0.05, 0.1) is 24.0 Å². The number of carbonyl (C=O) groups excluding carboxylic acids is 3. The minimum Gasteiger partial charge on any atom is -0.457 e. The lowest BCUT2D eigenvalue weighted by molar-refractivity contribution is -0.182. The number of esters is 2. The summed E-state index contributed by atoms with van der Waals surface area (Å²) in [5.41, 5.74) is 2.87. The number of aliphatic hydroxyl groups is 1. The molecule has 1 aromatic carbocycles. The first-order chi connectivity index (χ1) is 16.4. The van der Waals surface area contributed by atoms with Crippen LogP contribution in [0.5, 0.6) is 0 Å². The quantitative estimate of drug-likeness (QED) is 0.661. The van der Waals surface area contributed by atoms with Crippen molar-refractivity contribution in [2.75, 3.05) is 26.3 Å². The molecule has 1 spiro atoms. The van der Waals surface area contributed by atoms with E-state index in [2.05, 4.69) is 4.90 Å². The summed E-state index contributed by atoms with van der Waals surface area (Å²) in [7, 11) is 0. The van der Waals surface area contributed by atoms with E-state index in [-0.39, 0.29) is 37.2 Å². The second-order valence-electron chi connectivity index (χ2n) is 9.93. The number of hydrogen-bond acceptors (Lipinski definition) is 8. The summed E-state index contributed by atoms with van der Waals surface area (Å²) in [6.45, 7) is 3.61. The number of rotatable bonds is 4. The van der Waals surface area contributed by atoms with Gasteiger partial charge >= 0.3 is 11.9 Å². The molecule has 5 heterocycles. The molecule has 3 fully saturated rings. The summed E-state index contributed by atoms with van der Waals surface area (Å²) in [5.74, 6) is -0.807. The fraction of sp³-hybridized carbons (Fsp3) is 0.560. The van der Waals surface area contributed by atoms with Gasteiger partial charge in [-0.25, -0.2) is 9.59 Å². The van der Waals surface area contributed by atoms with Crippen LogP contribution >= 0.6 is 0 Å². The molecule has 1 amide bonds. The number of nitrogens with zero attached hydrogens (tertiary/aromatic N) is 2. The Hall–Kier alpha value is -2.75. The van der Waals surface area contributed by atoms with Crippen LogP contribution in [0.2, 0.25) is 0 Å². The molecule has 34 heavy (non-hydrogen) atoms. The van der Waals surface area contributed by atoms with Crippen LogP contribution < -0.4 is 0 Å². The summed E-state index contributed by atoms with van der Waals surface area (Å²) in [4.78, 5) is 40.9. The van der Waals surface area contributed by atoms with Crippen LogP contribution in [0.3, 0.4) is 0 Å². The number of hydrogen-bond donors (Lipinski definition) is 1. The van der Waals surface area contributed by atoms with Gasteiger partial charge in [-0.3, -0.25) is 9.69 Å². The van der Waals surface area contributed by atoms with Crippen LogP contribution in [0.25, 0.3) is 0 Å². The Kier molecular flexibility index (Phi) is 5.05. The van der Waals surface area contributed by atoms with E-state index in [0.29, 0.717) is 43.8 Å². The van der Waals surface area contributed by atoms with Gasteiger partial charge in [0.25, 0.3) is 5.91 Å². The zero-order chi connectivity index (χ0) is 23.6. The Labute approximate surface area is 197 Å². The van der Waals surface area contributed by atoms with Crippen molar-refractivity contribution in [3.63, 3.8) is 0 Å². The van der Waals surface area contributed by atoms with E-state index < -0.39 is 17.7 Å². The van der Waals surface area contributed by atoms with Crippen molar-refractivity contribution < 1.29 is 33.7 Å². The van der Waals surface area contributed by atoms with Gasteiger partial charge in [-0.15, -0.1) is 0 Å². The number of piperidine rings is 1. The van der Waals surface area contributed by atoms with Crippen molar-refractivity contribution in [3.05, 3.63) is 46.2 Å². The zero-order valence-corrected chi connectivity index (χ0v) is 19.1. The molecule has 0 aliphatic carbocycles. The van der Waals surface area contributed by atoms with E-state index in [0.717, 1.165) is 29.5 Å². The summed E-state index contributed by atoms with van der Waals surface area (Å²) in [6, 6.07) is 3.83. The monoisotopic (exact) mass is 468 g/mol. The molecule has 2 bridgehead atoms. The Morgan fingerprint density at radius 1 is 1.12 bits per heavy atom. The molecule has 6 rings (SSSR count). The molecule has 5 aliphatic rings. The van der Waals surface area contributed by atoms with Crippen molar-refractivity contribution in [2.24, 2.45) is 0 Å². The number of fused-ring (bicyclic) bond motifs is 3. The number of morpholine rings is 1. The summed E-state index contributed by atoms with van der Waals surface area (Å²) >= 11 is 0. The van der Waals surface area contributed by atoms with Gasteiger partial charge in [-0.2, -0.15) is 0 Å². The normalized spacial score (nSPS) is 31.5. The van der Waals surface area contributed by atoms with Gasteiger partial charge in [0.1, 0.15) is 18.8 Å². The van der Waals surface area contributed by atoms with E-state index >= 15 is 0 Å². The molecule has 9 nitrogen and oxygen atoms in total. The molecule has 4 atom stereocenters. The average Bonchev–Trinajstić information content (AvgIpc) is 3.47. The molecule has 0 saturated carbocycles. The predicted molar refractivity (Wildman–Crippen MR) is 117 cm³/mol. The van der Waals surface area contributed by atoms with Crippen LogP contribution in [0.4, 0.5) is 0 Å². The highest BCUT2D eigenvalue weighted by molar-refractivity contribution is 5.94. The number of benzene rings is 1. The predicted octanol–water partition coefficient (Wildman–Crippen LogP) is 1.36. The van der Waals surface area contributed by atoms with Gasteiger partial charge in [0.2, 0.25) is 0 Å². The van der Waals surface area contributed by atoms with Crippen LogP contribution in [0.15, 0.2) is 23.9 Å². The van der Waals surface area contributed by atoms with Crippen molar-refractivity contribution in [1.29, 1.82) is 0 Å². The minimum absolute atomic E-state index is 0.0838. The first-order valence-corrected chi connectivity index (χ1v) is 11.9. The van der Waals surface area contributed by atoms with Gasteiger partial charge in [-0.1, -0.05) is 6.07 Å². The molecule has 180 valence electrons. The Morgan fingerprint density at radius 2 is 1.88 bits per heavy atom. The van der Waals surface area contributed by atoms with Crippen molar-refractivity contribution in [1.82, 2.24) is 9.80 Å². The van der Waals surface area contributed by atoms with E-state index in [1.807, 2.05) is 13.0 Å². The molecule has 1 unspecified atom stereocenters. The standard InChI is InChI=1S/C25H28N2O7/c1-14-18(4-5-19-20(14)13-33-23(19)30)21(28)11-27-15-2-3-16(27)10-25(9-15)24(31)26(6-7-34-25)17-8-22(29)32-12-17/h4-5,8,15-16,21,28H,2-3,6-7,9-13H2,1H3/t15-,16+,21-,25?/m0/s1. The summed E-state index contributed by atoms with van der Waals surface area (Å²) in [6.07, 6.45) is 3.73. The molecule has 1 N–H and O–H groups in total. The third kappa shape index (κ3) is 3.29. The third-order valence-electron chi connectivity index (χ3n) is 8.17. The van der Waals surface area contributed by atoms with Gasteiger partial charge < -0.3 is 24.2 Å². The third-order valence-corrected chi connectivity index (χ3v) is 8.17. The van der Waals surface area contributed by atoms with Crippen LogP contribution in [0, 0.1) is 6.92 Å². The molecule has 0 aromatic heterocycles. The fourth-order valence-corrected chi connectivity index (χ4v) is 6.45. The number of cyclic esters (lactones) is 2. The number of amides is 1. The maximum Gasteiger partial charge on any atom is 0.338 e. The average molecular weight is 469 g/mol. The lowest BCUT2D eigenvalue weighted by Gasteiger charge is -2.49. The first-order valence-electron chi connectivity index (χ1n) is 11.9. The van der Waals surface area contributed by atoms with E-state index in [1.54, 1.807) is 11.0 Å². The minimum atomic E-state index is -0.890. The maximum absolute atomic E-state index is 13.5. The van der Waals surface area contributed by atoms with Crippen LogP contribution in [-0.4, -0.2) is 76.7 Å². The zero-order valence-electron chi connectivity index (χ0n) is 19.1. The highest BCUT2D eigenvalue weighted by Gasteiger charge is 2.56. The van der Waals surface area contributed by atoms with E-state index in [1.165, 1.54) is 6.08 Å². The number of ether oxygens (including phenoxy) is 3. The van der Waals surface area contributed by atoms with Crippen molar-refractivity contribution in [2.45, 2.75) is 63.0 Å². The largest absolute Gasteiger partial charge is 0.457 e. The lowest BCUT2D eigenvalue weighted by atomic mass is 9.83. The van der Waals surface area contributed by atoms with Gasteiger partial charge in [0.15, 0.2) is 0 Å². The highest BCUT2D eigenvalue weighted by Crippen LogP contribution is 2.46. The second-order valence-corrected chi connectivity index (χ2v) is 9.93. The summed E-state index contributed by atoms with van der Waals surface area (Å²) in [5, 5.41) is 11.2. The maximum atomic E-state index is 13.5. The smallest absolute Gasteiger partial charge is 0.338 e. The van der Waals surface area contributed by atoms with Gasteiger partial charge in [-0.05, 0) is 37.0 Å². The van der Waals surface area contributed by atoms with Gasteiger partial charge in [0, 0.05) is 49.7 Å². The molecule has 9 heteroatoms. The first kappa shape index (κ1) is 21.8. The summed E-state index contributed by atoms with van der Waals surface area (Å²) < 4.78 is 16.3. The number of aliphatic hydroxyl groups excluding tert-OH is 1. The number of carbonyl (C=O) groups is 3. The van der Waals surface area contributed by atoms with Crippen molar-refractivity contribution >= 4 is 17.8 Å². The lowest BCUT2D eigenvalue weighted by Crippen LogP contribution is -2.63. The van der Waals surface area contributed by atoms with E-state index in [9.17, 15) is 19.5 Å². The molecular formula is C25H28N2O7. The Bertz CT molecular complexity index is 1100. The van der Waals surface area contributed by atoms with Crippen molar-refractivity contribution in [3.8, 4) is 0 Å². The Morgan fingerprint density at radius 3 is 2.59 bits per heavy atom. The molecule has 5 aliphatic heterocycles. The molecular weight excluding hydrogens is 440 g/mol. The second kappa shape index (κ2) is 7.90. The SMILES string of the molecule is Cc1c([C@@H](O)CN2[C@@H]3CC[C@H]2CC2(C3)OCCN(C3=CC(=O)OC3)C2=O)ccc2c1COC2=O. The Balaban J connectivity index is 1.19. The van der Waals surface area contributed by atoms with E-state index in [4.69, 9.17) is 14.2 Å². The fourth-order valence-electron chi connectivity index (χ4n) is 6.45. The molecule has 1 aromatic rings. The highest BCUT2D eigenvalue weighted by atomic mass is 16.5. The molecule has 0 radical (unpaired) electrons. The topological polar surface area (TPSA) is 106 Å². The molecule has 3 saturated heterocycles. The van der Waals surface area contributed by atoms with Crippen LogP contribution in [-0.2, 0) is 30.4 Å².